The molecule has 1 aromatic carbocycles. The fourth-order valence-corrected chi connectivity index (χ4v) is 2.33. The summed E-state index contributed by atoms with van der Waals surface area (Å²) in [5, 5.41) is 4.18. The van der Waals surface area contributed by atoms with Crippen LogP contribution in [0, 0.1) is 0 Å². The summed E-state index contributed by atoms with van der Waals surface area (Å²) in [7, 11) is 1.86. The van der Waals surface area contributed by atoms with Crippen molar-refractivity contribution in [1.29, 1.82) is 0 Å². The highest BCUT2D eigenvalue weighted by Gasteiger charge is 2.10. The maximum Gasteiger partial charge on any atom is 0.142 e. The van der Waals surface area contributed by atoms with Crippen LogP contribution >= 0.6 is 23.2 Å². The summed E-state index contributed by atoms with van der Waals surface area (Å²) in [5.74, 6) is 0.657. The number of benzene rings is 1. The van der Waals surface area contributed by atoms with Gasteiger partial charge in [-0.25, -0.2) is 0 Å². The molecule has 3 nitrogen and oxygen atoms in total. The fourth-order valence-electron chi connectivity index (χ4n) is 1.74. The van der Waals surface area contributed by atoms with Crippen LogP contribution in [0.2, 0.25) is 10.0 Å². The van der Waals surface area contributed by atoms with Crippen LogP contribution in [-0.4, -0.2) is 12.0 Å². The van der Waals surface area contributed by atoms with E-state index in [-0.39, 0.29) is 0 Å². The third kappa shape index (κ3) is 3.83. The summed E-state index contributed by atoms with van der Waals surface area (Å²) in [4.78, 5) is 4.05. The summed E-state index contributed by atoms with van der Waals surface area (Å²) < 4.78 is 5.79. The van der Waals surface area contributed by atoms with Crippen LogP contribution in [0.5, 0.6) is 5.75 Å². The predicted molar refractivity (Wildman–Crippen MR) is 77.8 cm³/mol. The van der Waals surface area contributed by atoms with Crippen LogP contribution in [0.4, 0.5) is 0 Å². The number of hydrogen-bond acceptors (Lipinski definition) is 3. The number of nitrogens with zero attached hydrogens (tertiary/aromatic N) is 1. The zero-order valence-corrected chi connectivity index (χ0v) is 12.0. The molecule has 0 amide bonds. The molecule has 1 N–H and O–H groups in total. The minimum absolute atomic E-state index is 0.423. The topological polar surface area (TPSA) is 34.1 Å². The van der Waals surface area contributed by atoms with Crippen LogP contribution in [0.15, 0.2) is 36.7 Å². The van der Waals surface area contributed by atoms with Crippen molar-refractivity contribution in [3.8, 4) is 5.75 Å². The van der Waals surface area contributed by atoms with Gasteiger partial charge in [-0.15, -0.1) is 0 Å². The summed E-state index contributed by atoms with van der Waals surface area (Å²) >= 11 is 12.2. The molecule has 0 bridgehead atoms. The summed E-state index contributed by atoms with van der Waals surface area (Å²) in [6, 6.07) is 7.36. The Kier molecular flexibility index (Phi) is 5.02. The van der Waals surface area contributed by atoms with Gasteiger partial charge in [0.15, 0.2) is 0 Å². The maximum absolute atomic E-state index is 6.18. The van der Waals surface area contributed by atoms with Crippen molar-refractivity contribution in [2.45, 2.75) is 13.2 Å². The Bertz CT molecular complexity index is 547. The first kappa shape index (κ1) is 14.1. The van der Waals surface area contributed by atoms with E-state index in [2.05, 4.69) is 10.3 Å². The minimum Gasteiger partial charge on any atom is -0.487 e. The highest BCUT2D eigenvalue weighted by atomic mass is 35.5. The highest BCUT2D eigenvalue weighted by molar-refractivity contribution is 6.35. The standard InChI is InChI=1S/C14H14Cl2N2O/c1-17-8-11-5-12(15)6-13(16)14(11)19-9-10-3-2-4-18-7-10/h2-7,17H,8-9H2,1H3. The van der Waals surface area contributed by atoms with Crippen molar-refractivity contribution < 1.29 is 4.74 Å². The van der Waals surface area contributed by atoms with E-state index in [1.807, 2.05) is 25.2 Å². The number of rotatable bonds is 5. The summed E-state index contributed by atoms with van der Waals surface area (Å²) in [6.45, 7) is 1.06. The molecule has 0 saturated heterocycles. The highest BCUT2D eigenvalue weighted by Crippen LogP contribution is 2.33. The van der Waals surface area contributed by atoms with E-state index in [9.17, 15) is 0 Å². The Morgan fingerprint density at radius 1 is 1.32 bits per heavy atom. The lowest BCUT2D eigenvalue weighted by atomic mass is 10.2. The Balaban J connectivity index is 2.19. The van der Waals surface area contributed by atoms with Gasteiger partial charge in [-0.1, -0.05) is 29.3 Å². The van der Waals surface area contributed by atoms with Crippen molar-refractivity contribution in [3.05, 3.63) is 57.8 Å². The van der Waals surface area contributed by atoms with Crippen molar-refractivity contribution >= 4 is 23.2 Å². The molecule has 0 atom stereocenters. The van der Waals surface area contributed by atoms with Crippen LogP contribution in [-0.2, 0) is 13.2 Å². The first-order valence-corrected chi connectivity index (χ1v) is 6.60. The van der Waals surface area contributed by atoms with E-state index in [1.165, 1.54) is 0 Å². The Labute approximate surface area is 122 Å². The second kappa shape index (κ2) is 6.75. The van der Waals surface area contributed by atoms with Gasteiger partial charge >= 0.3 is 0 Å². The number of pyridine rings is 1. The quantitative estimate of drug-likeness (QED) is 0.914. The first-order chi connectivity index (χ1) is 9.20. The molecule has 0 saturated carbocycles. The predicted octanol–water partition coefficient (Wildman–Crippen LogP) is 3.69. The van der Waals surface area contributed by atoms with Gasteiger partial charge in [0.2, 0.25) is 0 Å². The molecular formula is C14H14Cl2N2O. The average Bonchev–Trinajstić information content (AvgIpc) is 2.39. The van der Waals surface area contributed by atoms with E-state index in [1.54, 1.807) is 18.5 Å². The molecule has 1 aromatic heterocycles. The molecule has 0 spiro atoms. The number of ether oxygens (including phenoxy) is 1. The number of halogens is 2. The zero-order chi connectivity index (χ0) is 13.7. The van der Waals surface area contributed by atoms with Crippen molar-refractivity contribution in [1.82, 2.24) is 10.3 Å². The third-order valence-corrected chi connectivity index (χ3v) is 3.06. The molecule has 0 radical (unpaired) electrons. The van der Waals surface area contributed by atoms with Crippen molar-refractivity contribution in [2.75, 3.05) is 7.05 Å². The summed E-state index contributed by atoms with van der Waals surface area (Å²) in [5.41, 5.74) is 1.92. The zero-order valence-electron chi connectivity index (χ0n) is 10.5. The molecule has 0 aliphatic carbocycles. The number of aromatic nitrogens is 1. The monoisotopic (exact) mass is 296 g/mol. The van der Waals surface area contributed by atoms with E-state index < -0.39 is 0 Å². The molecule has 0 fully saturated rings. The van der Waals surface area contributed by atoms with Crippen LogP contribution < -0.4 is 10.1 Å². The van der Waals surface area contributed by atoms with Gasteiger partial charge in [0.1, 0.15) is 12.4 Å². The molecule has 5 heteroatoms. The van der Waals surface area contributed by atoms with Crippen LogP contribution in [0.1, 0.15) is 11.1 Å². The molecule has 0 aliphatic rings. The molecule has 2 aromatic rings. The number of hydrogen-bond donors (Lipinski definition) is 1. The van der Waals surface area contributed by atoms with Gasteiger partial charge in [-0.3, -0.25) is 4.98 Å². The lowest BCUT2D eigenvalue weighted by Crippen LogP contribution is -2.08. The molecule has 100 valence electrons. The van der Waals surface area contributed by atoms with E-state index in [0.29, 0.717) is 28.9 Å². The lowest BCUT2D eigenvalue weighted by Gasteiger charge is -2.13. The van der Waals surface area contributed by atoms with Gasteiger partial charge in [-0.05, 0) is 25.2 Å². The third-order valence-electron chi connectivity index (χ3n) is 2.56. The van der Waals surface area contributed by atoms with Gasteiger partial charge in [0.05, 0.1) is 5.02 Å². The Morgan fingerprint density at radius 2 is 2.16 bits per heavy atom. The molecule has 1 heterocycles. The second-order valence-electron chi connectivity index (χ2n) is 4.06. The van der Waals surface area contributed by atoms with E-state index in [4.69, 9.17) is 27.9 Å². The fraction of sp³-hybridized carbons (Fsp3) is 0.214. The smallest absolute Gasteiger partial charge is 0.142 e. The molecular weight excluding hydrogens is 283 g/mol. The number of nitrogens with one attached hydrogen (secondary N) is 1. The van der Waals surface area contributed by atoms with Gasteiger partial charge < -0.3 is 10.1 Å². The van der Waals surface area contributed by atoms with Gasteiger partial charge in [-0.2, -0.15) is 0 Å². The van der Waals surface area contributed by atoms with Gasteiger partial charge in [0.25, 0.3) is 0 Å². The molecule has 19 heavy (non-hydrogen) atoms. The van der Waals surface area contributed by atoms with Crippen LogP contribution in [0.25, 0.3) is 0 Å². The Hall–Kier alpha value is -1.29. The largest absolute Gasteiger partial charge is 0.487 e. The van der Waals surface area contributed by atoms with Gasteiger partial charge in [0, 0.05) is 35.1 Å². The second-order valence-corrected chi connectivity index (χ2v) is 4.90. The minimum atomic E-state index is 0.423. The first-order valence-electron chi connectivity index (χ1n) is 5.85. The van der Waals surface area contributed by atoms with E-state index in [0.717, 1.165) is 11.1 Å². The van der Waals surface area contributed by atoms with Crippen LogP contribution in [0.3, 0.4) is 0 Å². The molecule has 0 unspecified atom stereocenters. The van der Waals surface area contributed by atoms with Crippen molar-refractivity contribution in [2.24, 2.45) is 0 Å². The summed E-state index contributed by atoms with van der Waals surface area (Å²) in [6.07, 6.45) is 3.49. The maximum atomic E-state index is 6.18. The normalized spacial score (nSPS) is 10.5. The lowest BCUT2D eigenvalue weighted by molar-refractivity contribution is 0.302. The SMILES string of the molecule is CNCc1cc(Cl)cc(Cl)c1OCc1cccnc1. The molecule has 2 rings (SSSR count). The average molecular weight is 297 g/mol. The van der Waals surface area contributed by atoms with Crippen molar-refractivity contribution in [3.63, 3.8) is 0 Å². The molecule has 0 aliphatic heterocycles. The Morgan fingerprint density at radius 3 is 2.84 bits per heavy atom. The van der Waals surface area contributed by atoms with E-state index >= 15 is 0 Å².